The second-order valence-corrected chi connectivity index (χ2v) is 8.69. The Morgan fingerprint density at radius 2 is 1.27 bits per heavy atom. The molecule has 3 aromatic carbocycles. The maximum absolute atomic E-state index is 6.65. The predicted octanol–water partition coefficient (Wildman–Crippen LogP) is 0.247. The molecule has 0 N–H and O–H groups in total. The Labute approximate surface area is 201 Å². The normalized spacial score (nSPS) is 12.7. The average molecular weight is 471 g/mol. The van der Waals surface area contributed by atoms with Crippen LogP contribution < -0.4 is 28.7 Å². The third-order valence-electron chi connectivity index (χ3n) is 5.40. The van der Waals surface area contributed by atoms with E-state index in [0.29, 0.717) is 0 Å². The second kappa shape index (κ2) is 11.7. The maximum Gasteiger partial charge on any atom is -1.00 e. The molecule has 3 aromatic rings. The molecule has 1 aliphatic carbocycles. The van der Waals surface area contributed by atoms with Crippen molar-refractivity contribution in [1.29, 1.82) is 0 Å². The SMILES string of the molecule is CC1=CCC(c2cccc[c]2[Ti+2][O]C(c2ccccc2)c2ccccc2)=C1C.[Cl-].[Cl-]. The van der Waals surface area contributed by atoms with Crippen molar-refractivity contribution in [3.8, 4) is 0 Å². The Morgan fingerprint density at radius 3 is 1.80 bits per heavy atom. The number of hydrogen-bond acceptors (Lipinski definition) is 1. The zero-order valence-electron chi connectivity index (χ0n) is 17.1. The summed E-state index contributed by atoms with van der Waals surface area (Å²) in [6.45, 7) is 4.45. The van der Waals surface area contributed by atoms with Crippen molar-refractivity contribution in [2.45, 2.75) is 26.4 Å². The summed E-state index contributed by atoms with van der Waals surface area (Å²) in [4.78, 5) is 0. The zero-order valence-corrected chi connectivity index (χ0v) is 20.2. The molecular formula is C26H24Cl2OTi. The maximum atomic E-state index is 6.65. The Hall–Kier alpha value is -1.61. The van der Waals surface area contributed by atoms with Gasteiger partial charge < -0.3 is 24.8 Å². The Kier molecular flexibility index (Phi) is 9.61. The second-order valence-electron chi connectivity index (χ2n) is 7.16. The summed E-state index contributed by atoms with van der Waals surface area (Å²) in [6.07, 6.45) is 3.34. The van der Waals surface area contributed by atoms with Gasteiger partial charge in [-0.3, -0.25) is 0 Å². The number of halogens is 2. The quantitative estimate of drug-likeness (QED) is 0.469. The minimum atomic E-state index is -0.757. The standard InChI is InChI=1S/C13H11O.C13H13.2ClH.Ti/c14-13(11-7-3-1-4-8-11)12-9-5-2-6-10-12;1-10-8-9-13(11(10)2)12-6-4-3-5-7-12;;;/h1-10,13H;3-6,8H,9H2,1-2H3;2*1H;/q-1;;;;+3/p-2. The summed E-state index contributed by atoms with van der Waals surface area (Å²) < 4.78 is 8.02. The van der Waals surface area contributed by atoms with Crippen molar-refractivity contribution in [2.24, 2.45) is 0 Å². The van der Waals surface area contributed by atoms with Crippen LogP contribution in [0.2, 0.25) is 0 Å². The van der Waals surface area contributed by atoms with Gasteiger partial charge in [0.2, 0.25) is 0 Å². The van der Waals surface area contributed by atoms with Gasteiger partial charge in [0.15, 0.2) is 0 Å². The third-order valence-corrected chi connectivity index (χ3v) is 6.98. The van der Waals surface area contributed by atoms with Gasteiger partial charge >= 0.3 is 178 Å². The molecule has 1 nitrogen and oxygen atoms in total. The molecule has 0 spiro atoms. The van der Waals surface area contributed by atoms with Gasteiger partial charge in [-0.1, -0.05) is 0 Å². The van der Waals surface area contributed by atoms with Crippen LogP contribution in [0.5, 0.6) is 0 Å². The van der Waals surface area contributed by atoms with E-state index in [1.807, 2.05) is 0 Å². The van der Waals surface area contributed by atoms with Crippen molar-refractivity contribution in [1.82, 2.24) is 0 Å². The first-order valence-electron chi connectivity index (χ1n) is 9.72. The summed E-state index contributed by atoms with van der Waals surface area (Å²) in [7, 11) is 0. The molecule has 0 atom stereocenters. The first-order valence-corrected chi connectivity index (χ1v) is 11.1. The summed E-state index contributed by atoms with van der Waals surface area (Å²) in [5.41, 5.74) is 8.07. The summed E-state index contributed by atoms with van der Waals surface area (Å²) in [5.74, 6) is 0. The van der Waals surface area contributed by atoms with Crippen LogP contribution in [0.4, 0.5) is 0 Å². The van der Waals surface area contributed by atoms with Gasteiger partial charge in [0, 0.05) is 0 Å². The van der Waals surface area contributed by atoms with Crippen molar-refractivity contribution in [2.75, 3.05) is 0 Å². The van der Waals surface area contributed by atoms with E-state index < -0.39 is 19.5 Å². The summed E-state index contributed by atoms with van der Waals surface area (Å²) in [6, 6.07) is 29.9. The fourth-order valence-corrected chi connectivity index (χ4v) is 5.25. The van der Waals surface area contributed by atoms with Gasteiger partial charge in [0.1, 0.15) is 0 Å². The van der Waals surface area contributed by atoms with Gasteiger partial charge in [-0.05, 0) is 0 Å². The fraction of sp³-hybridized carbons (Fsp3) is 0.154. The van der Waals surface area contributed by atoms with Crippen LogP contribution >= 0.6 is 0 Å². The number of benzene rings is 3. The van der Waals surface area contributed by atoms with E-state index in [1.165, 1.54) is 37.3 Å². The van der Waals surface area contributed by atoms with Crippen molar-refractivity contribution >= 4 is 9.44 Å². The Balaban J connectivity index is 0.00000160. The molecule has 0 unspecified atom stereocenters. The summed E-state index contributed by atoms with van der Waals surface area (Å²) >= 11 is -0.757. The van der Waals surface area contributed by atoms with E-state index in [0.717, 1.165) is 6.42 Å². The molecule has 0 saturated heterocycles. The molecule has 30 heavy (non-hydrogen) atoms. The van der Waals surface area contributed by atoms with Crippen molar-refractivity contribution in [3.05, 3.63) is 119 Å². The largest absolute Gasteiger partial charge is 1.00 e. The molecule has 0 aliphatic heterocycles. The first-order chi connectivity index (χ1) is 13.7. The van der Waals surface area contributed by atoms with E-state index >= 15 is 0 Å². The van der Waals surface area contributed by atoms with Crippen LogP contribution in [0.3, 0.4) is 0 Å². The zero-order chi connectivity index (χ0) is 19.3. The monoisotopic (exact) mass is 470 g/mol. The molecule has 4 rings (SSSR count). The average Bonchev–Trinajstić information content (AvgIpc) is 3.08. The number of allylic oxidation sites excluding steroid dienone is 4. The molecule has 152 valence electrons. The molecule has 0 radical (unpaired) electrons. The van der Waals surface area contributed by atoms with E-state index in [9.17, 15) is 0 Å². The molecule has 4 heteroatoms. The van der Waals surface area contributed by atoms with Crippen LogP contribution in [-0.2, 0) is 22.9 Å². The molecule has 0 amide bonds. The van der Waals surface area contributed by atoms with E-state index in [2.05, 4.69) is 105 Å². The third kappa shape index (κ3) is 5.55. The van der Waals surface area contributed by atoms with Crippen LogP contribution in [0.15, 0.2) is 102 Å². The number of rotatable bonds is 6. The van der Waals surface area contributed by atoms with E-state index in [1.54, 1.807) is 0 Å². The minimum Gasteiger partial charge on any atom is -1.00 e. The first kappa shape index (κ1) is 24.7. The van der Waals surface area contributed by atoms with Gasteiger partial charge in [0.05, 0.1) is 0 Å². The molecule has 0 bridgehead atoms. The molecule has 0 aromatic heterocycles. The van der Waals surface area contributed by atoms with Crippen LogP contribution in [0.25, 0.3) is 5.57 Å². The molecule has 0 heterocycles. The van der Waals surface area contributed by atoms with E-state index in [-0.39, 0.29) is 30.9 Å². The van der Waals surface area contributed by atoms with Gasteiger partial charge in [-0.15, -0.1) is 0 Å². The van der Waals surface area contributed by atoms with Crippen molar-refractivity contribution < 1.29 is 47.7 Å². The van der Waals surface area contributed by atoms with Gasteiger partial charge in [-0.25, -0.2) is 0 Å². The van der Waals surface area contributed by atoms with E-state index in [4.69, 9.17) is 3.32 Å². The van der Waals surface area contributed by atoms with Gasteiger partial charge in [-0.2, -0.15) is 0 Å². The van der Waals surface area contributed by atoms with Crippen LogP contribution in [0, 0.1) is 0 Å². The topological polar surface area (TPSA) is 9.23 Å². The van der Waals surface area contributed by atoms with Crippen LogP contribution in [0.1, 0.15) is 43.1 Å². The minimum absolute atomic E-state index is 0. The molecule has 0 saturated carbocycles. The Bertz CT molecular complexity index is 974. The predicted molar refractivity (Wildman–Crippen MR) is 113 cm³/mol. The number of hydrogen-bond donors (Lipinski definition) is 0. The smallest absolute Gasteiger partial charge is 1.00 e. The molecule has 1 aliphatic rings. The molecular weight excluding hydrogens is 447 g/mol. The van der Waals surface area contributed by atoms with Crippen molar-refractivity contribution in [3.63, 3.8) is 0 Å². The fourth-order valence-electron chi connectivity index (χ4n) is 3.65. The van der Waals surface area contributed by atoms with Gasteiger partial charge in [0.25, 0.3) is 0 Å². The Morgan fingerprint density at radius 1 is 0.733 bits per heavy atom. The molecule has 0 fully saturated rings. The summed E-state index contributed by atoms with van der Waals surface area (Å²) in [5, 5.41) is 0. The van der Waals surface area contributed by atoms with Crippen LogP contribution in [-0.4, -0.2) is 0 Å².